The van der Waals surface area contributed by atoms with Gasteiger partial charge in [0.2, 0.25) is 0 Å². The topological polar surface area (TPSA) is 25.2 Å². The lowest BCUT2D eigenvalue weighted by atomic mass is 9.79. The number of furan rings is 1. The number of aryl methyl sites for hydroxylation is 1. The fourth-order valence-electron chi connectivity index (χ4n) is 3.50. The third-order valence-electron chi connectivity index (χ3n) is 4.49. The predicted octanol–water partition coefficient (Wildman–Crippen LogP) is 5.09. The third-order valence-corrected chi connectivity index (χ3v) is 4.79. The number of fused-ring (bicyclic) bond motifs is 1. The first-order valence-corrected chi connectivity index (χ1v) is 8.21. The first kappa shape index (κ1) is 14.7. The van der Waals surface area contributed by atoms with Gasteiger partial charge in [-0.1, -0.05) is 31.2 Å². The van der Waals surface area contributed by atoms with Crippen LogP contribution in [-0.4, -0.2) is 6.54 Å². The Bertz CT molecular complexity index is 592. The second kappa shape index (κ2) is 6.67. The van der Waals surface area contributed by atoms with Crippen molar-refractivity contribution < 1.29 is 4.42 Å². The first-order valence-electron chi connectivity index (χ1n) is 7.83. The molecule has 2 nitrogen and oxygen atoms in total. The molecule has 0 saturated carbocycles. The molecule has 21 heavy (non-hydrogen) atoms. The van der Waals surface area contributed by atoms with Gasteiger partial charge in [-0.2, -0.15) is 0 Å². The zero-order valence-corrected chi connectivity index (χ0v) is 13.2. The van der Waals surface area contributed by atoms with E-state index in [1.807, 2.05) is 6.07 Å². The van der Waals surface area contributed by atoms with Crippen molar-refractivity contribution in [2.24, 2.45) is 0 Å². The number of rotatable bonds is 5. The molecule has 0 spiro atoms. The van der Waals surface area contributed by atoms with Crippen LogP contribution in [0.15, 0.2) is 41.0 Å². The van der Waals surface area contributed by atoms with Crippen LogP contribution in [-0.2, 0) is 6.42 Å². The predicted molar refractivity (Wildman–Crippen MR) is 86.9 cm³/mol. The zero-order valence-electron chi connectivity index (χ0n) is 12.4. The van der Waals surface area contributed by atoms with Crippen LogP contribution in [0.3, 0.4) is 0 Å². The van der Waals surface area contributed by atoms with Gasteiger partial charge in [0.05, 0.1) is 6.26 Å². The van der Waals surface area contributed by atoms with Crippen molar-refractivity contribution in [3.8, 4) is 0 Å². The Labute approximate surface area is 131 Å². The minimum absolute atomic E-state index is 0.261. The van der Waals surface area contributed by atoms with Gasteiger partial charge in [0.1, 0.15) is 0 Å². The van der Waals surface area contributed by atoms with Gasteiger partial charge < -0.3 is 9.73 Å². The third kappa shape index (κ3) is 3.17. The molecule has 0 aliphatic heterocycles. The van der Waals surface area contributed by atoms with E-state index in [1.54, 1.807) is 6.26 Å². The maximum atomic E-state index is 6.18. The quantitative estimate of drug-likeness (QED) is 0.832. The molecular weight excluding hydrogens is 282 g/mol. The summed E-state index contributed by atoms with van der Waals surface area (Å²) in [6.45, 7) is 3.07. The van der Waals surface area contributed by atoms with Crippen LogP contribution in [0.2, 0.25) is 5.22 Å². The average molecular weight is 304 g/mol. The molecule has 3 rings (SSSR count). The Kier molecular flexibility index (Phi) is 4.67. The molecular formula is C18H22ClNO. The second-order valence-electron chi connectivity index (χ2n) is 5.78. The van der Waals surface area contributed by atoms with E-state index >= 15 is 0 Å². The Morgan fingerprint density at radius 1 is 1.33 bits per heavy atom. The van der Waals surface area contributed by atoms with Gasteiger partial charge >= 0.3 is 0 Å². The summed E-state index contributed by atoms with van der Waals surface area (Å²) >= 11 is 6.18. The normalized spacial score (nSPS) is 19.2. The number of hydrogen-bond acceptors (Lipinski definition) is 2. The van der Waals surface area contributed by atoms with E-state index in [0.29, 0.717) is 11.1 Å². The number of benzene rings is 1. The zero-order chi connectivity index (χ0) is 14.7. The largest absolute Gasteiger partial charge is 0.453 e. The van der Waals surface area contributed by atoms with Gasteiger partial charge in [0.25, 0.3) is 0 Å². The standard InChI is InChI=1S/C18H22ClNO/c1-2-20-17(16-10-11-21-18(16)19)12-14-8-5-7-13-6-3-4-9-15(13)14/h3-4,6,9-11,14,17,20H,2,5,7-8,12H2,1H3. The fraction of sp³-hybridized carbons (Fsp3) is 0.444. The van der Waals surface area contributed by atoms with Gasteiger partial charge in [-0.3, -0.25) is 0 Å². The van der Waals surface area contributed by atoms with E-state index in [9.17, 15) is 0 Å². The SMILES string of the molecule is CCNC(CC1CCCc2ccccc21)c1ccoc1Cl. The van der Waals surface area contributed by atoms with Crippen LogP contribution in [0.4, 0.5) is 0 Å². The highest BCUT2D eigenvalue weighted by Gasteiger charge is 2.25. The van der Waals surface area contributed by atoms with E-state index < -0.39 is 0 Å². The minimum Gasteiger partial charge on any atom is -0.453 e. The van der Waals surface area contributed by atoms with Crippen molar-refractivity contribution in [1.29, 1.82) is 0 Å². The highest BCUT2D eigenvalue weighted by Crippen LogP contribution is 2.39. The summed E-state index contributed by atoms with van der Waals surface area (Å²) in [5.41, 5.74) is 4.12. The molecule has 0 saturated heterocycles. The summed E-state index contributed by atoms with van der Waals surface area (Å²) in [6, 6.07) is 11.1. The Morgan fingerprint density at radius 3 is 2.95 bits per heavy atom. The molecule has 1 aliphatic rings. The molecule has 0 fully saturated rings. The van der Waals surface area contributed by atoms with Crippen LogP contribution in [0.5, 0.6) is 0 Å². The number of nitrogens with one attached hydrogen (secondary N) is 1. The minimum atomic E-state index is 0.261. The van der Waals surface area contributed by atoms with Crippen LogP contribution < -0.4 is 5.32 Å². The van der Waals surface area contributed by atoms with Gasteiger partial charge in [0, 0.05) is 11.6 Å². The van der Waals surface area contributed by atoms with E-state index in [0.717, 1.165) is 18.5 Å². The van der Waals surface area contributed by atoms with E-state index in [4.69, 9.17) is 16.0 Å². The lowest BCUT2D eigenvalue weighted by molar-refractivity contribution is 0.423. The summed E-state index contributed by atoms with van der Waals surface area (Å²) < 4.78 is 5.28. The molecule has 0 amide bonds. The van der Waals surface area contributed by atoms with Crippen molar-refractivity contribution in [3.05, 3.63) is 58.5 Å². The summed E-state index contributed by atoms with van der Waals surface area (Å²) in [6.07, 6.45) is 6.50. The smallest absolute Gasteiger partial charge is 0.197 e. The summed E-state index contributed by atoms with van der Waals surface area (Å²) in [7, 11) is 0. The number of halogens is 1. The maximum Gasteiger partial charge on any atom is 0.197 e. The highest BCUT2D eigenvalue weighted by molar-refractivity contribution is 6.29. The van der Waals surface area contributed by atoms with Gasteiger partial charge in [-0.15, -0.1) is 0 Å². The van der Waals surface area contributed by atoms with E-state index in [1.165, 1.54) is 30.4 Å². The summed E-state index contributed by atoms with van der Waals surface area (Å²) in [5.74, 6) is 0.602. The Hall–Kier alpha value is -1.25. The van der Waals surface area contributed by atoms with E-state index in [-0.39, 0.29) is 6.04 Å². The molecule has 2 unspecified atom stereocenters. The average Bonchev–Trinajstić information content (AvgIpc) is 2.93. The van der Waals surface area contributed by atoms with Crippen LogP contribution in [0.25, 0.3) is 0 Å². The fourth-order valence-corrected chi connectivity index (χ4v) is 3.75. The first-order chi connectivity index (χ1) is 10.3. The van der Waals surface area contributed by atoms with Gasteiger partial charge in [0.15, 0.2) is 5.22 Å². The molecule has 0 radical (unpaired) electrons. The molecule has 1 aromatic heterocycles. The Balaban J connectivity index is 1.83. The number of hydrogen-bond donors (Lipinski definition) is 1. The van der Waals surface area contributed by atoms with Crippen molar-refractivity contribution in [1.82, 2.24) is 5.32 Å². The van der Waals surface area contributed by atoms with Crippen LogP contribution in [0, 0.1) is 0 Å². The van der Waals surface area contributed by atoms with Gasteiger partial charge in [-0.05, 0) is 66.9 Å². The molecule has 112 valence electrons. The van der Waals surface area contributed by atoms with Crippen molar-refractivity contribution >= 4 is 11.6 Å². The van der Waals surface area contributed by atoms with Crippen molar-refractivity contribution in [3.63, 3.8) is 0 Å². The lowest BCUT2D eigenvalue weighted by Crippen LogP contribution is -2.24. The summed E-state index contributed by atoms with van der Waals surface area (Å²) in [4.78, 5) is 0. The molecule has 3 heteroatoms. The van der Waals surface area contributed by atoms with Crippen LogP contribution in [0.1, 0.15) is 54.8 Å². The molecule has 2 aromatic rings. The monoisotopic (exact) mass is 303 g/mol. The highest BCUT2D eigenvalue weighted by atomic mass is 35.5. The molecule has 0 bridgehead atoms. The summed E-state index contributed by atoms with van der Waals surface area (Å²) in [5, 5.41) is 4.08. The Morgan fingerprint density at radius 2 is 2.19 bits per heavy atom. The van der Waals surface area contributed by atoms with E-state index in [2.05, 4.69) is 36.5 Å². The van der Waals surface area contributed by atoms with Crippen molar-refractivity contribution in [2.45, 2.75) is 44.6 Å². The second-order valence-corrected chi connectivity index (χ2v) is 6.13. The molecule has 2 atom stereocenters. The van der Waals surface area contributed by atoms with Gasteiger partial charge in [-0.25, -0.2) is 0 Å². The molecule has 1 heterocycles. The molecule has 1 N–H and O–H groups in total. The van der Waals surface area contributed by atoms with Crippen molar-refractivity contribution in [2.75, 3.05) is 6.54 Å². The van der Waals surface area contributed by atoms with Crippen LogP contribution >= 0.6 is 11.6 Å². The molecule has 1 aromatic carbocycles. The maximum absolute atomic E-state index is 6.18. The molecule has 1 aliphatic carbocycles. The lowest BCUT2D eigenvalue weighted by Gasteiger charge is -2.29.